The summed E-state index contributed by atoms with van der Waals surface area (Å²) < 4.78 is 15.6. The molecule has 4 rings (SSSR count). The Bertz CT molecular complexity index is 1070. The molecule has 0 unspecified atom stereocenters. The fourth-order valence-corrected chi connectivity index (χ4v) is 2.71. The van der Waals surface area contributed by atoms with Gasteiger partial charge in [-0.15, -0.1) is 0 Å². The van der Waals surface area contributed by atoms with Gasteiger partial charge in [0.2, 0.25) is 0 Å². The molecule has 0 aliphatic heterocycles. The van der Waals surface area contributed by atoms with Crippen molar-refractivity contribution >= 4 is 0 Å². The normalized spacial score (nSPS) is 10.5. The van der Waals surface area contributed by atoms with E-state index in [1.807, 2.05) is 0 Å². The Labute approximate surface area is 154 Å². The van der Waals surface area contributed by atoms with Crippen LogP contribution in [-0.2, 0) is 0 Å². The molecule has 0 radical (unpaired) electrons. The monoisotopic (exact) mass is 358 g/mol. The maximum atomic E-state index is 11.7. The third-order valence-corrected chi connectivity index (χ3v) is 4.04. The van der Waals surface area contributed by atoms with E-state index in [0.29, 0.717) is 22.6 Å². The maximum absolute atomic E-state index is 11.7. The van der Waals surface area contributed by atoms with Gasteiger partial charge in [-0.1, -0.05) is 24.3 Å². The molecule has 0 atom stereocenters. The predicted octanol–water partition coefficient (Wildman–Crippen LogP) is 4.72. The summed E-state index contributed by atoms with van der Waals surface area (Å²) in [5, 5.41) is 0. The highest BCUT2D eigenvalue weighted by Gasteiger charge is 2.06. The standard InChI is InChI=1S/C22H14O5/c23-21-19(3-1-13-25-21)15-5-9-17(10-6-15)27-18-11-7-16(8-12-18)20-4-2-14-26-22(20)24/h1-14H. The lowest BCUT2D eigenvalue weighted by molar-refractivity contribution is 0.482. The van der Waals surface area contributed by atoms with Crippen LogP contribution in [0, 0.1) is 0 Å². The average molecular weight is 358 g/mol. The van der Waals surface area contributed by atoms with E-state index in [1.165, 1.54) is 12.5 Å². The molecule has 4 aromatic rings. The van der Waals surface area contributed by atoms with E-state index < -0.39 is 0 Å². The predicted molar refractivity (Wildman–Crippen MR) is 101 cm³/mol. The van der Waals surface area contributed by atoms with Gasteiger partial charge in [0.25, 0.3) is 0 Å². The lowest BCUT2D eigenvalue weighted by Crippen LogP contribution is -2.01. The van der Waals surface area contributed by atoms with Crippen molar-refractivity contribution < 1.29 is 13.6 Å². The summed E-state index contributed by atoms with van der Waals surface area (Å²) in [6.07, 6.45) is 2.71. The molecule has 27 heavy (non-hydrogen) atoms. The fraction of sp³-hybridized carbons (Fsp3) is 0. The van der Waals surface area contributed by atoms with E-state index in [4.69, 9.17) is 13.6 Å². The first-order valence-electron chi connectivity index (χ1n) is 8.25. The van der Waals surface area contributed by atoms with Gasteiger partial charge in [0, 0.05) is 0 Å². The number of rotatable bonds is 4. The van der Waals surface area contributed by atoms with E-state index in [0.717, 1.165) is 11.1 Å². The molecule has 0 N–H and O–H groups in total. The summed E-state index contributed by atoms with van der Waals surface area (Å²) >= 11 is 0. The van der Waals surface area contributed by atoms with E-state index in [1.54, 1.807) is 72.8 Å². The minimum Gasteiger partial charge on any atom is -0.457 e. The van der Waals surface area contributed by atoms with Crippen molar-refractivity contribution in [3.63, 3.8) is 0 Å². The number of ether oxygens (including phenoxy) is 1. The summed E-state index contributed by atoms with van der Waals surface area (Å²) in [6.45, 7) is 0. The minimum atomic E-state index is -0.382. The van der Waals surface area contributed by atoms with E-state index >= 15 is 0 Å². The third kappa shape index (κ3) is 3.57. The molecule has 0 aliphatic rings. The van der Waals surface area contributed by atoms with Crippen LogP contribution < -0.4 is 16.0 Å². The van der Waals surface area contributed by atoms with E-state index in [9.17, 15) is 9.59 Å². The highest BCUT2D eigenvalue weighted by atomic mass is 16.5. The second-order valence-electron chi connectivity index (χ2n) is 5.78. The summed E-state index contributed by atoms with van der Waals surface area (Å²) in [5.41, 5.74) is 1.73. The van der Waals surface area contributed by atoms with Crippen molar-refractivity contribution in [2.24, 2.45) is 0 Å². The highest BCUT2D eigenvalue weighted by molar-refractivity contribution is 5.64. The Balaban J connectivity index is 1.53. The first-order chi connectivity index (χ1) is 13.2. The summed E-state index contributed by atoms with van der Waals surface area (Å²) in [7, 11) is 0. The van der Waals surface area contributed by atoms with Crippen molar-refractivity contribution in [3.05, 3.63) is 106 Å². The van der Waals surface area contributed by atoms with Crippen LogP contribution in [0.1, 0.15) is 0 Å². The highest BCUT2D eigenvalue weighted by Crippen LogP contribution is 2.26. The van der Waals surface area contributed by atoms with Crippen LogP contribution in [-0.4, -0.2) is 0 Å². The molecule has 0 saturated heterocycles. The molecule has 0 saturated carbocycles. The maximum Gasteiger partial charge on any atom is 0.343 e. The SMILES string of the molecule is O=c1occcc1-c1ccc(Oc2ccc(-c3cccoc3=O)cc2)cc1. The number of hydrogen-bond donors (Lipinski definition) is 0. The number of hydrogen-bond acceptors (Lipinski definition) is 5. The molecular formula is C22H14O5. The first kappa shape index (κ1) is 16.6. The first-order valence-corrected chi connectivity index (χ1v) is 8.25. The van der Waals surface area contributed by atoms with Crippen LogP contribution in [0.3, 0.4) is 0 Å². The molecule has 0 amide bonds. The van der Waals surface area contributed by atoms with Gasteiger partial charge in [0.1, 0.15) is 11.5 Å². The van der Waals surface area contributed by atoms with Crippen LogP contribution in [0.25, 0.3) is 22.3 Å². The molecule has 132 valence electrons. The summed E-state index contributed by atoms with van der Waals surface area (Å²) in [4.78, 5) is 23.5. The lowest BCUT2D eigenvalue weighted by atomic mass is 10.1. The van der Waals surface area contributed by atoms with Gasteiger partial charge in [0.05, 0.1) is 23.7 Å². The number of benzene rings is 2. The van der Waals surface area contributed by atoms with Gasteiger partial charge in [-0.05, 0) is 59.7 Å². The Morgan fingerprint density at radius 3 is 1.33 bits per heavy atom. The average Bonchev–Trinajstić information content (AvgIpc) is 2.70. The van der Waals surface area contributed by atoms with Gasteiger partial charge in [-0.25, -0.2) is 9.59 Å². The third-order valence-electron chi connectivity index (χ3n) is 4.04. The zero-order valence-electron chi connectivity index (χ0n) is 14.1. The molecule has 2 heterocycles. The summed E-state index contributed by atoms with van der Waals surface area (Å²) in [6, 6.07) is 21.1. The molecular weight excluding hydrogens is 344 g/mol. The zero-order chi connectivity index (χ0) is 18.6. The van der Waals surface area contributed by atoms with Gasteiger partial charge in [-0.2, -0.15) is 0 Å². The van der Waals surface area contributed by atoms with E-state index in [2.05, 4.69) is 0 Å². The van der Waals surface area contributed by atoms with Crippen molar-refractivity contribution in [2.75, 3.05) is 0 Å². The fourth-order valence-electron chi connectivity index (χ4n) is 2.71. The Hall–Kier alpha value is -3.86. The van der Waals surface area contributed by atoms with E-state index in [-0.39, 0.29) is 11.3 Å². The smallest absolute Gasteiger partial charge is 0.343 e. The molecule has 0 aliphatic carbocycles. The second-order valence-corrected chi connectivity index (χ2v) is 5.78. The van der Waals surface area contributed by atoms with Crippen molar-refractivity contribution in [2.45, 2.75) is 0 Å². The van der Waals surface area contributed by atoms with Gasteiger partial charge < -0.3 is 13.6 Å². The quantitative estimate of drug-likeness (QED) is 0.528. The zero-order valence-corrected chi connectivity index (χ0v) is 14.1. The Kier molecular flexibility index (Phi) is 4.41. The molecule has 5 heteroatoms. The van der Waals surface area contributed by atoms with Crippen LogP contribution in [0.4, 0.5) is 0 Å². The lowest BCUT2D eigenvalue weighted by Gasteiger charge is -2.07. The van der Waals surface area contributed by atoms with Gasteiger partial charge >= 0.3 is 11.3 Å². The molecule has 0 spiro atoms. The Morgan fingerprint density at radius 1 is 0.556 bits per heavy atom. The topological polar surface area (TPSA) is 69.7 Å². The second kappa shape index (κ2) is 7.17. The Morgan fingerprint density at radius 2 is 0.963 bits per heavy atom. The minimum absolute atomic E-state index is 0.382. The molecule has 0 fully saturated rings. The van der Waals surface area contributed by atoms with Crippen LogP contribution in [0.2, 0.25) is 0 Å². The van der Waals surface area contributed by atoms with Gasteiger partial charge in [0.15, 0.2) is 0 Å². The van der Waals surface area contributed by atoms with Gasteiger partial charge in [-0.3, -0.25) is 0 Å². The largest absolute Gasteiger partial charge is 0.457 e. The van der Waals surface area contributed by atoms with Crippen LogP contribution >= 0.6 is 0 Å². The van der Waals surface area contributed by atoms with Crippen LogP contribution in [0.5, 0.6) is 11.5 Å². The molecule has 2 aromatic heterocycles. The van der Waals surface area contributed by atoms with Crippen molar-refractivity contribution in [1.82, 2.24) is 0 Å². The molecule has 2 aromatic carbocycles. The summed E-state index contributed by atoms with van der Waals surface area (Å²) in [5.74, 6) is 1.26. The van der Waals surface area contributed by atoms with Crippen molar-refractivity contribution in [1.29, 1.82) is 0 Å². The van der Waals surface area contributed by atoms with Crippen LogP contribution in [0.15, 0.2) is 104 Å². The molecule has 0 bridgehead atoms. The molecule has 5 nitrogen and oxygen atoms in total. The van der Waals surface area contributed by atoms with Crippen molar-refractivity contribution in [3.8, 4) is 33.8 Å².